The highest BCUT2D eigenvalue weighted by atomic mass is 35.5. The fourth-order valence-electron chi connectivity index (χ4n) is 3.59. The second-order valence-corrected chi connectivity index (χ2v) is 8.71. The largest absolute Gasteiger partial charge is 0.496 e. The van der Waals surface area contributed by atoms with Gasteiger partial charge in [0.15, 0.2) is 5.96 Å². The third-order valence-electron chi connectivity index (χ3n) is 5.32. The number of nitrogens with zero attached hydrogens (tertiary/aromatic N) is 2. The zero-order chi connectivity index (χ0) is 24.1. The lowest BCUT2D eigenvalue weighted by Gasteiger charge is -2.14. The number of pyridine rings is 1. The van der Waals surface area contributed by atoms with Gasteiger partial charge in [0, 0.05) is 25.2 Å². The number of hydrogen-bond donors (Lipinski definition) is 3. The predicted octanol–water partition coefficient (Wildman–Crippen LogP) is 4.35. The number of aromatic nitrogens is 1. The van der Waals surface area contributed by atoms with E-state index in [2.05, 4.69) is 25.9 Å². The van der Waals surface area contributed by atoms with Crippen LogP contribution in [0, 0.1) is 6.92 Å². The highest BCUT2D eigenvalue weighted by Gasteiger charge is 2.15. The summed E-state index contributed by atoms with van der Waals surface area (Å²) >= 11 is 12.1. The van der Waals surface area contributed by atoms with Gasteiger partial charge in [-0.2, -0.15) is 0 Å². The Labute approximate surface area is 208 Å². The molecule has 0 aliphatic carbocycles. The Balaban J connectivity index is 1.62. The quantitative estimate of drug-likeness (QED) is 0.451. The van der Waals surface area contributed by atoms with Crippen LogP contribution in [0.4, 0.5) is 0 Å². The van der Waals surface area contributed by atoms with E-state index >= 15 is 0 Å². The molecule has 1 amide bonds. The summed E-state index contributed by atoms with van der Waals surface area (Å²) in [6.07, 6.45) is 0. The number of halogens is 2. The zero-order valence-electron chi connectivity index (χ0n) is 18.9. The van der Waals surface area contributed by atoms with Crippen LogP contribution in [0.5, 0.6) is 5.75 Å². The number of rotatable bonds is 7. The smallest absolute Gasteiger partial charge is 0.270 e. The third-order valence-corrected chi connectivity index (χ3v) is 6.06. The van der Waals surface area contributed by atoms with Crippen molar-refractivity contribution < 1.29 is 9.53 Å². The van der Waals surface area contributed by atoms with Gasteiger partial charge in [0.25, 0.3) is 5.91 Å². The molecule has 1 aliphatic heterocycles. The summed E-state index contributed by atoms with van der Waals surface area (Å²) < 4.78 is 5.55. The molecular weight excluding hydrogens is 473 g/mol. The Bertz CT molecular complexity index is 1250. The molecule has 176 valence electrons. The van der Waals surface area contributed by atoms with Crippen molar-refractivity contribution >= 4 is 35.1 Å². The maximum atomic E-state index is 13.1. The molecule has 0 bridgehead atoms. The second kappa shape index (κ2) is 10.8. The lowest BCUT2D eigenvalue weighted by Crippen LogP contribution is -2.33. The van der Waals surface area contributed by atoms with Gasteiger partial charge in [0.1, 0.15) is 11.4 Å². The van der Waals surface area contributed by atoms with Gasteiger partial charge in [-0.3, -0.25) is 9.79 Å². The number of nitrogens with one attached hydrogen (secondary N) is 3. The molecule has 9 heteroatoms. The van der Waals surface area contributed by atoms with Crippen molar-refractivity contribution in [3.05, 3.63) is 81.0 Å². The Hall–Kier alpha value is -3.29. The van der Waals surface area contributed by atoms with Gasteiger partial charge in [-0.25, -0.2) is 4.98 Å². The summed E-state index contributed by atoms with van der Waals surface area (Å²) in [5.74, 6) is 1.14. The normalized spacial score (nSPS) is 12.6. The summed E-state index contributed by atoms with van der Waals surface area (Å²) in [6, 6.07) is 14.9. The first-order chi connectivity index (χ1) is 16.4. The number of aliphatic imine (C=N–C) groups is 1. The molecule has 0 saturated heterocycles. The molecule has 0 fully saturated rings. The van der Waals surface area contributed by atoms with Crippen LogP contribution in [0.1, 0.15) is 27.2 Å². The van der Waals surface area contributed by atoms with E-state index in [1.807, 2.05) is 37.3 Å². The maximum absolute atomic E-state index is 13.1. The summed E-state index contributed by atoms with van der Waals surface area (Å²) in [5.41, 5.74) is 4.58. The molecule has 0 radical (unpaired) electrons. The van der Waals surface area contributed by atoms with Crippen molar-refractivity contribution in [3.63, 3.8) is 0 Å². The summed E-state index contributed by atoms with van der Waals surface area (Å²) in [5, 5.41) is 10.3. The molecule has 0 atom stereocenters. The number of hydrogen-bond acceptors (Lipinski definition) is 6. The lowest BCUT2D eigenvalue weighted by atomic mass is 10.0. The van der Waals surface area contributed by atoms with Crippen molar-refractivity contribution in [1.29, 1.82) is 0 Å². The molecule has 0 spiro atoms. The first-order valence-corrected chi connectivity index (χ1v) is 11.6. The van der Waals surface area contributed by atoms with E-state index < -0.39 is 0 Å². The molecule has 2 heterocycles. The molecular formula is C25H25Cl2N5O2. The molecule has 1 aliphatic rings. The van der Waals surface area contributed by atoms with Crippen molar-refractivity contribution in [2.24, 2.45) is 4.99 Å². The SMILES string of the molecule is COc1ccc(C)cc1-c1cc(CNC2=NCCN2)cc(C(=O)NCc2ccc(Cl)c(Cl)c2)n1. The topological polar surface area (TPSA) is 87.6 Å². The van der Waals surface area contributed by atoms with Crippen molar-refractivity contribution in [1.82, 2.24) is 20.9 Å². The molecule has 0 unspecified atom stereocenters. The second-order valence-electron chi connectivity index (χ2n) is 7.89. The number of carbonyl (C=O) groups excluding carboxylic acids is 1. The van der Waals surface area contributed by atoms with Crippen LogP contribution < -0.4 is 20.7 Å². The van der Waals surface area contributed by atoms with E-state index in [0.29, 0.717) is 40.3 Å². The van der Waals surface area contributed by atoms with Gasteiger partial charge in [-0.1, -0.05) is 40.9 Å². The van der Waals surface area contributed by atoms with Crippen molar-refractivity contribution in [2.75, 3.05) is 20.2 Å². The zero-order valence-corrected chi connectivity index (χ0v) is 20.4. The first-order valence-electron chi connectivity index (χ1n) is 10.8. The number of amides is 1. The van der Waals surface area contributed by atoms with E-state index in [0.717, 1.165) is 41.3 Å². The first kappa shape index (κ1) is 23.9. The molecule has 3 aromatic rings. The van der Waals surface area contributed by atoms with E-state index in [1.165, 1.54) is 0 Å². The Morgan fingerprint density at radius 2 is 1.91 bits per heavy atom. The van der Waals surface area contributed by atoms with E-state index in [4.69, 9.17) is 27.9 Å². The van der Waals surface area contributed by atoms with Crippen LogP contribution in [-0.4, -0.2) is 37.1 Å². The third kappa shape index (κ3) is 5.79. The summed E-state index contributed by atoms with van der Waals surface area (Å²) in [6.45, 7) is 4.34. The molecule has 0 saturated carbocycles. The van der Waals surface area contributed by atoms with Gasteiger partial charge in [0.2, 0.25) is 0 Å². The minimum Gasteiger partial charge on any atom is -0.496 e. The number of ether oxygens (including phenoxy) is 1. The average Bonchev–Trinajstić information content (AvgIpc) is 3.37. The Morgan fingerprint density at radius 3 is 2.65 bits per heavy atom. The molecule has 1 aromatic heterocycles. The minimum atomic E-state index is -0.294. The lowest BCUT2D eigenvalue weighted by molar-refractivity contribution is 0.0946. The number of benzene rings is 2. The number of methoxy groups -OCH3 is 1. The monoisotopic (exact) mass is 497 g/mol. The van der Waals surface area contributed by atoms with E-state index in [9.17, 15) is 4.79 Å². The van der Waals surface area contributed by atoms with Crippen LogP contribution in [0.25, 0.3) is 11.3 Å². The summed E-state index contributed by atoms with van der Waals surface area (Å²) in [7, 11) is 1.62. The fourth-order valence-corrected chi connectivity index (χ4v) is 3.91. The van der Waals surface area contributed by atoms with E-state index in [-0.39, 0.29) is 5.91 Å². The molecule has 2 aromatic carbocycles. The average molecular weight is 498 g/mol. The van der Waals surface area contributed by atoms with Crippen LogP contribution in [0.2, 0.25) is 10.0 Å². The number of guanidine groups is 1. The highest BCUT2D eigenvalue weighted by molar-refractivity contribution is 6.42. The minimum absolute atomic E-state index is 0.294. The standard InChI is InChI=1S/C25H25Cl2N5O2/c1-15-3-6-23(34-2)18(9-15)21-11-17(14-31-25-28-7-8-29-25)12-22(32-21)24(33)30-13-16-4-5-19(26)20(27)10-16/h3-6,9-12H,7-8,13-14H2,1-2H3,(H,30,33)(H2,28,29,31). The number of carbonyl (C=O) groups is 1. The molecule has 34 heavy (non-hydrogen) atoms. The van der Waals surface area contributed by atoms with Gasteiger partial charge in [-0.05, 0) is 54.4 Å². The molecule has 3 N–H and O–H groups in total. The fraction of sp³-hybridized carbons (Fsp3) is 0.240. The van der Waals surface area contributed by atoms with Gasteiger partial charge in [0.05, 0.1) is 29.4 Å². The molecule has 7 nitrogen and oxygen atoms in total. The molecule has 4 rings (SSSR count). The number of aryl methyl sites for hydroxylation is 1. The Morgan fingerprint density at radius 1 is 1.06 bits per heavy atom. The van der Waals surface area contributed by atoms with Crippen LogP contribution in [-0.2, 0) is 13.1 Å². The van der Waals surface area contributed by atoms with Crippen LogP contribution >= 0.6 is 23.2 Å². The van der Waals surface area contributed by atoms with E-state index in [1.54, 1.807) is 25.3 Å². The van der Waals surface area contributed by atoms with Crippen LogP contribution in [0.15, 0.2) is 53.5 Å². The summed E-state index contributed by atoms with van der Waals surface area (Å²) in [4.78, 5) is 22.1. The van der Waals surface area contributed by atoms with Crippen molar-refractivity contribution in [2.45, 2.75) is 20.0 Å². The van der Waals surface area contributed by atoms with Crippen molar-refractivity contribution in [3.8, 4) is 17.0 Å². The van der Waals surface area contributed by atoms with Gasteiger partial charge >= 0.3 is 0 Å². The maximum Gasteiger partial charge on any atom is 0.270 e. The van der Waals surface area contributed by atoms with Gasteiger partial charge in [-0.15, -0.1) is 0 Å². The highest BCUT2D eigenvalue weighted by Crippen LogP contribution is 2.30. The Kier molecular flexibility index (Phi) is 7.55. The predicted molar refractivity (Wildman–Crippen MR) is 136 cm³/mol. The van der Waals surface area contributed by atoms with Gasteiger partial charge < -0.3 is 20.7 Å². The van der Waals surface area contributed by atoms with Crippen LogP contribution in [0.3, 0.4) is 0 Å².